The van der Waals surface area contributed by atoms with E-state index in [1.165, 1.54) is 13.0 Å². The summed E-state index contributed by atoms with van der Waals surface area (Å²) in [5.41, 5.74) is 4.68. The summed E-state index contributed by atoms with van der Waals surface area (Å²) in [4.78, 5) is 11.0. The number of hydrogen-bond donors (Lipinski definition) is 2. The molecule has 0 aromatic heterocycles. The molecule has 0 saturated carbocycles. The van der Waals surface area contributed by atoms with Gasteiger partial charge in [0.05, 0.1) is 5.41 Å². The van der Waals surface area contributed by atoms with Crippen LogP contribution in [0.15, 0.2) is 24.3 Å². The van der Waals surface area contributed by atoms with Crippen molar-refractivity contribution >= 4 is 5.97 Å². The zero-order valence-corrected chi connectivity index (χ0v) is 8.53. The first-order valence-electron chi connectivity index (χ1n) is 4.66. The van der Waals surface area contributed by atoms with Crippen molar-refractivity contribution in [2.75, 3.05) is 6.54 Å². The number of hydrogen-bond acceptors (Lipinski definition) is 2. The van der Waals surface area contributed by atoms with Gasteiger partial charge >= 0.3 is 5.97 Å². The Morgan fingerprint density at radius 1 is 1.53 bits per heavy atom. The number of carboxylic acids is 1. The van der Waals surface area contributed by atoms with Crippen molar-refractivity contribution in [1.82, 2.24) is 0 Å². The Morgan fingerprint density at radius 2 is 2.13 bits per heavy atom. The Bertz CT molecular complexity index is 367. The number of benzene rings is 1. The Hall–Kier alpha value is -1.42. The van der Waals surface area contributed by atoms with E-state index in [9.17, 15) is 9.18 Å². The molecule has 4 heteroatoms. The monoisotopic (exact) mass is 211 g/mol. The molecule has 1 atom stereocenters. The molecule has 3 nitrogen and oxygen atoms in total. The molecule has 1 unspecified atom stereocenters. The average molecular weight is 211 g/mol. The molecule has 0 heterocycles. The second-order valence-electron chi connectivity index (χ2n) is 3.84. The van der Waals surface area contributed by atoms with Crippen molar-refractivity contribution in [3.8, 4) is 0 Å². The van der Waals surface area contributed by atoms with Crippen LogP contribution in [-0.2, 0) is 11.2 Å². The lowest BCUT2D eigenvalue weighted by molar-refractivity contribution is -0.147. The Labute approximate surface area is 87.7 Å². The highest BCUT2D eigenvalue weighted by molar-refractivity contribution is 5.74. The SMILES string of the molecule is CC(CN)(Cc1ccccc1F)C(=O)O. The first kappa shape index (κ1) is 11.7. The minimum atomic E-state index is -1.11. The molecule has 1 aromatic carbocycles. The third-order valence-electron chi connectivity index (χ3n) is 2.51. The van der Waals surface area contributed by atoms with Gasteiger partial charge in [0, 0.05) is 6.54 Å². The second kappa shape index (κ2) is 4.40. The van der Waals surface area contributed by atoms with Crippen LogP contribution >= 0.6 is 0 Å². The molecule has 0 bridgehead atoms. The molecule has 0 amide bonds. The fourth-order valence-electron chi connectivity index (χ4n) is 1.30. The maximum Gasteiger partial charge on any atom is 0.310 e. The van der Waals surface area contributed by atoms with E-state index in [0.717, 1.165) is 0 Å². The maximum absolute atomic E-state index is 13.3. The number of nitrogens with two attached hydrogens (primary N) is 1. The lowest BCUT2D eigenvalue weighted by Gasteiger charge is -2.22. The van der Waals surface area contributed by atoms with Crippen molar-refractivity contribution in [3.63, 3.8) is 0 Å². The molecule has 0 aliphatic rings. The van der Waals surface area contributed by atoms with Gasteiger partial charge < -0.3 is 10.8 Å². The lowest BCUT2D eigenvalue weighted by Crippen LogP contribution is -2.37. The van der Waals surface area contributed by atoms with E-state index in [1.807, 2.05) is 0 Å². The summed E-state index contributed by atoms with van der Waals surface area (Å²) >= 11 is 0. The van der Waals surface area contributed by atoms with E-state index in [1.54, 1.807) is 18.2 Å². The molecule has 0 fully saturated rings. The molecular weight excluding hydrogens is 197 g/mol. The highest BCUT2D eigenvalue weighted by atomic mass is 19.1. The van der Waals surface area contributed by atoms with E-state index >= 15 is 0 Å². The minimum Gasteiger partial charge on any atom is -0.481 e. The summed E-state index contributed by atoms with van der Waals surface area (Å²) in [6.45, 7) is 1.50. The fourth-order valence-corrected chi connectivity index (χ4v) is 1.30. The van der Waals surface area contributed by atoms with Gasteiger partial charge in [-0.2, -0.15) is 0 Å². The number of carboxylic acid groups (broad SMARTS) is 1. The van der Waals surface area contributed by atoms with Crippen LogP contribution in [0.5, 0.6) is 0 Å². The van der Waals surface area contributed by atoms with Crippen molar-refractivity contribution in [2.24, 2.45) is 11.1 Å². The van der Waals surface area contributed by atoms with Crippen LogP contribution in [0, 0.1) is 11.2 Å². The number of halogens is 1. The van der Waals surface area contributed by atoms with Crippen molar-refractivity contribution in [2.45, 2.75) is 13.3 Å². The van der Waals surface area contributed by atoms with Crippen molar-refractivity contribution < 1.29 is 14.3 Å². The Kier molecular flexibility index (Phi) is 3.42. The highest BCUT2D eigenvalue weighted by Gasteiger charge is 2.32. The van der Waals surface area contributed by atoms with E-state index in [2.05, 4.69) is 0 Å². The first-order valence-corrected chi connectivity index (χ1v) is 4.66. The van der Waals surface area contributed by atoms with Crippen LogP contribution in [0.3, 0.4) is 0 Å². The number of carbonyl (C=O) groups is 1. The predicted molar refractivity (Wildman–Crippen MR) is 54.9 cm³/mol. The Morgan fingerprint density at radius 3 is 2.60 bits per heavy atom. The number of aliphatic carboxylic acids is 1. The average Bonchev–Trinajstić information content (AvgIpc) is 2.21. The summed E-state index contributed by atoms with van der Waals surface area (Å²) < 4.78 is 13.3. The number of rotatable bonds is 4. The summed E-state index contributed by atoms with van der Waals surface area (Å²) in [5, 5.41) is 8.98. The van der Waals surface area contributed by atoms with E-state index in [4.69, 9.17) is 10.8 Å². The smallest absolute Gasteiger partial charge is 0.310 e. The lowest BCUT2D eigenvalue weighted by atomic mass is 9.83. The van der Waals surface area contributed by atoms with Crippen LogP contribution in [0.1, 0.15) is 12.5 Å². The van der Waals surface area contributed by atoms with Crippen molar-refractivity contribution in [3.05, 3.63) is 35.6 Å². The summed E-state index contributed by atoms with van der Waals surface area (Å²) in [7, 11) is 0. The third kappa shape index (κ3) is 2.53. The van der Waals surface area contributed by atoms with E-state index in [-0.39, 0.29) is 13.0 Å². The summed E-state index contributed by atoms with van der Waals surface area (Å²) in [6.07, 6.45) is 0.103. The minimum absolute atomic E-state index is 0.0172. The molecule has 0 aliphatic carbocycles. The van der Waals surface area contributed by atoms with Crippen LogP contribution in [-0.4, -0.2) is 17.6 Å². The third-order valence-corrected chi connectivity index (χ3v) is 2.51. The normalized spacial score (nSPS) is 14.6. The van der Waals surface area contributed by atoms with Gasteiger partial charge in [-0.15, -0.1) is 0 Å². The van der Waals surface area contributed by atoms with Gasteiger partial charge in [0.25, 0.3) is 0 Å². The molecule has 3 N–H and O–H groups in total. The largest absolute Gasteiger partial charge is 0.481 e. The molecule has 15 heavy (non-hydrogen) atoms. The Balaban J connectivity index is 2.94. The molecule has 1 rings (SSSR count). The molecular formula is C11H14FNO2. The van der Waals surface area contributed by atoms with Crippen LogP contribution < -0.4 is 5.73 Å². The van der Waals surface area contributed by atoms with Gasteiger partial charge in [-0.05, 0) is 25.0 Å². The molecule has 0 spiro atoms. The van der Waals surface area contributed by atoms with Gasteiger partial charge in [-0.25, -0.2) is 4.39 Å². The summed E-state index contributed by atoms with van der Waals surface area (Å²) in [5.74, 6) is -1.40. The van der Waals surface area contributed by atoms with Gasteiger partial charge in [0.15, 0.2) is 0 Å². The zero-order chi connectivity index (χ0) is 11.5. The van der Waals surface area contributed by atoms with E-state index in [0.29, 0.717) is 5.56 Å². The van der Waals surface area contributed by atoms with Gasteiger partial charge in [0.2, 0.25) is 0 Å². The van der Waals surface area contributed by atoms with Gasteiger partial charge in [0.1, 0.15) is 5.82 Å². The summed E-state index contributed by atoms with van der Waals surface area (Å²) in [6, 6.07) is 6.14. The predicted octanol–water partition coefficient (Wildman–Crippen LogP) is 1.42. The standard InChI is InChI=1S/C11H14FNO2/c1-11(7-13,10(14)15)6-8-4-2-3-5-9(8)12/h2-5H,6-7,13H2,1H3,(H,14,15). The topological polar surface area (TPSA) is 63.3 Å². The van der Waals surface area contributed by atoms with Crippen molar-refractivity contribution in [1.29, 1.82) is 0 Å². The highest BCUT2D eigenvalue weighted by Crippen LogP contribution is 2.23. The molecule has 0 saturated heterocycles. The van der Waals surface area contributed by atoms with Gasteiger partial charge in [-0.1, -0.05) is 18.2 Å². The zero-order valence-electron chi connectivity index (χ0n) is 8.53. The fraction of sp³-hybridized carbons (Fsp3) is 0.364. The van der Waals surface area contributed by atoms with Gasteiger partial charge in [-0.3, -0.25) is 4.79 Å². The molecule has 0 aliphatic heterocycles. The molecule has 1 aromatic rings. The first-order chi connectivity index (χ1) is 6.99. The maximum atomic E-state index is 13.3. The second-order valence-corrected chi connectivity index (χ2v) is 3.84. The molecule has 0 radical (unpaired) electrons. The quantitative estimate of drug-likeness (QED) is 0.791. The molecule has 82 valence electrons. The van der Waals surface area contributed by atoms with Crippen LogP contribution in [0.25, 0.3) is 0 Å². The van der Waals surface area contributed by atoms with Crippen LogP contribution in [0.2, 0.25) is 0 Å². The van der Waals surface area contributed by atoms with E-state index < -0.39 is 17.2 Å². The van der Waals surface area contributed by atoms with Crippen LogP contribution in [0.4, 0.5) is 4.39 Å².